The second-order valence-corrected chi connectivity index (χ2v) is 7.10. The number of esters is 1. The van der Waals surface area contributed by atoms with Crippen molar-refractivity contribution in [3.05, 3.63) is 29.6 Å². The van der Waals surface area contributed by atoms with Crippen LogP contribution in [0.25, 0.3) is 0 Å². The van der Waals surface area contributed by atoms with E-state index in [2.05, 4.69) is 6.92 Å². The zero-order chi connectivity index (χ0) is 18.5. The fourth-order valence-corrected chi connectivity index (χ4v) is 3.54. The minimum absolute atomic E-state index is 0.0666. The maximum Gasteiger partial charge on any atom is 0.314 e. The summed E-state index contributed by atoms with van der Waals surface area (Å²) in [7, 11) is 0. The van der Waals surface area contributed by atoms with Gasteiger partial charge in [0, 0.05) is 17.9 Å². The Balaban J connectivity index is 1.48. The topological polar surface area (TPSA) is 68.5 Å². The van der Waals surface area contributed by atoms with Crippen LogP contribution >= 0.6 is 0 Å². The van der Waals surface area contributed by atoms with Crippen LogP contribution in [0, 0.1) is 34.9 Å². The molecule has 0 N–H and O–H groups in total. The number of halogens is 1. The van der Waals surface area contributed by atoms with Crippen LogP contribution in [-0.2, 0) is 14.3 Å². The van der Waals surface area contributed by atoms with E-state index in [9.17, 15) is 9.18 Å². The molecule has 1 aromatic rings. The van der Waals surface area contributed by atoms with Gasteiger partial charge in [0.15, 0.2) is 6.29 Å². The molecule has 1 aromatic carbocycles. The lowest BCUT2D eigenvalue weighted by Crippen LogP contribution is -2.39. The van der Waals surface area contributed by atoms with E-state index in [-0.39, 0.29) is 29.5 Å². The molecule has 26 heavy (non-hydrogen) atoms. The molecular weight excluding hydrogens is 337 g/mol. The maximum atomic E-state index is 13.6. The summed E-state index contributed by atoms with van der Waals surface area (Å²) in [6, 6.07) is 5.58. The number of benzene rings is 1. The first-order valence-electron chi connectivity index (χ1n) is 9.25. The van der Waals surface area contributed by atoms with Crippen molar-refractivity contribution in [3.63, 3.8) is 0 Å². The fourth-order valence-electron chi connectivity index (χ4n) is 3.54. The van der Waals surface area contributed by atoms with Crippen molar-refractivity contribution in [2.75, 3.05) is 13.2 Å². The van der Waals surface area contributed by atoms with Gasteiger partial charge in [0.1, 0.15) is 17.6 Å². The molecule has 0 unspecified atom stereocenters. The molecule has 0 bridgehead atoms. The highest BCUT2D eigenvalue weighted by molar-refractivity contribution is 5.75. The highest BCUT2D eigenvalue weighted by Gasteiger charge is 2.34. The molecular formula is C20H24FNO4. The number of ether oxygens (including phenoxy) is 3. The van der Waals surface area contributed by atoms with Crippen LogP contribution in [0.4, 0.5) is 4.39 Å². The van der Waals surface area contributed by atoms with Gasteiger partial charge in [-0.1, -0.05) is 6.92 Å². The molecule has 140 valence electrons. The van der Waals surface area contributed by atoms with Crippen molar-refractivity contribution in [3.8, 4) is 11.8 Å². The molecule has 1 saturated carbocycles. The predicted molar refractivity (Wildman–Crippen MR) is 91.7 cm³/mol. The lowest BCUT2D eigenvalue weighted by atomic mass is 9.81. The number of hydrogen-bond acceptors (Lipinski definition) is 5. The molecule has 6 heteroatoms. The van der Waals surface area contributed by atoms with Gasteiger partial charge >= 0.3 is 5.97 Å². The molecule has 5 nitrogen and oxygen atoms in total. The minimum Gasteiger partial charge on any atom is -0.426 e. The summed E-state index contributed by atoms with van der Waals surface area (Å²) in [6.45, 7) is 3.62. The average Bonchev–Trinajstić information content (AvgIpc) is 2.68. The van der Waals surface area contributed by atoms with Gasteiger partial charge < -0.3 is 14.2 Å². The van der Waals surface area contributed by atoms with Gasteiger partial charge in [-0.3, -0.25) is 4.79 Å². The van der Waals surface area contributed by atoms with E-state index in [1.54, 1.807) is 6.07 Å². The lowest BCUT2D eigenvalue weighted by Gasteiger charge is -2.37. The summed E-state index contributed by atoms with van der Waals surface area (Å²) in [6.07, 6.45) is 4.01. The van der Waals surface area contributed by atoms with Crippen LogP contribution in [0.15, 0.2) is 18.2 Å². The van der Waals surface area contributed by atoms with Crippen LogP contribution in [0.1, 0.15) is 44.6 Å². The number of nitriles is 1. The van der Waals surface area contributed by atoms with Gasteiger partial charge in [-0.05, 0) is 44.2 Å². The van der Waals surface area contributed by atoms with E-state index >= 15 is 0 Å². The summed E-state index contributed by atoms with van der Waals surface area (Å²) in [5.74, 6) is -0.299. The monoisotopic (exact) mass is 361 g/mol. The van der Waals surface area contributed by atoms with Crippen LogP contribution in [-0.4, -0.2) is 25.5 Å². The average molecular weight is 361 g/mol. The van der Waals surface area contributed by atoms with Crippen molar-refractivity contribution < 1.29 is 23.4 Å². The van der Waals surface area contributed by atoms with Gasteiger partial charge in [0.2, 0.25) is 0 Å². The van der Waals surface area contributed by atoms with E-state index in [0.717, 1.165) is 38.5 Å². The van der Waals surface area contributed by atoms with Gasteiger partial charge in [-0.15, -0.1) is 0 Å². The molecule has 2 aliphatic rings. The Hall–Kier alpha value is -1.97. The second kappa shape index (κ2) is 8.61. The summed E-state index contributed by atoms with van der Waals surface area (Å²) >= 11 is 0. The Bertz CT molecular complexity index is 671. The standard InChI is InChI=1S/C20H24FNO4/c1-2-13-11-24-20(25-12-13)15-5-3-14(4-6-15)19(23)26-17-8-7-16(10-22)18(21)9-17/h7-9,13-15,20H,2-6,11-12H2,1H3. The number of carbonyl (C=O) groups is 1. The molecule has 0 atom stereocenters. The first-order chi connectivity index (χ1) is 12.6. The Kier molecular flexibility index (Phi) is 6.23. The largest absolute Gasteiger partial charge is 0.426 e. The molecule has 1 aliphatic heterocycles. The van der Waals surface area contributed by atoms with E-state index in [1.807, 2.05) is 0 Å². The number of hydrogen-bond donors (Lipinski definition) is 0. The Morgan fingerprint density at radius 1 is 1.27 bits per heavy atom. The van der Waals surface area contributed by atoms with E-state index in [1.165, 1.54) is 12.1 Å². The molecule has 1 saturated heterocycles. The fraction of sp³-hybridized carbons (Fsp3) is 0.600. The van der Waals surface area contributed by atoms with Crippen molar-refractivity contribution in [2.45, 2.75) is 45.3 Å². The van der Waals surface area contributed by atoms with Crippen molar-refractivity contribution in [2.24, 2.45) is 17.8 Å². The first-order valence-corrected chi connectivity index (χ1v) is 9.25. The van der Waals surface area contributed by atoms with Crippen LogP contribution in [0.5, 0.6) is 5.75 Å². The van der Waals surface area contributed by atoms with Crippen LogP contribution in [0.2, 0.25) is 0 Å². The smallest absolute Gasteiger partial charge is 0.314 e. The highest BCUT2D eigenvalue weighted by atomic mass is 19.1. The molecule has 0 amide bonds. The molecule has 0 aromatic heterocycles. The molecule has 0 spiro atoms. The molecule has 0 radical (unpaired) electrons. The quantitative estimate of drug-likeness (QED) is 0.602. The normalized spacial score (nSPS) is 29.0. The summed E-state index contributed by atoms with van der Waals surface area (Å²) in [5.41, 5.74) is -0.0666. The number of rotatable bonds is 4. The molecule has 1 aliphatic carbocycles. The number of carbonyl (C=O) groups excluding carboxylic acids is 1. The second-order valence-electron chi connectivity index (χ2n) is 7.10. The third kappa shape index (κ3) is 4.40. The van der Waals surface area contributed by atoms with E-state index < -0.39 is 5.82 Å². The predicted octanol–water partition coefficient (Wildman–Crippen LogP) is 3.81. The van der Waals surface area contributed by atoms with Crippen molar-refractivity contribution in [1.82, 2.24) is 0 Å². The lowest BCUT2D eigenvalue weighted by molar-refractivity contribution is -0.229. The summed E-state index contributed by atoms with van der Waals surface area (Å²) in [5, 5.41) is 8.74. The van der Waals surface area contributed by atoms with Crippen LogP contribution in [0.3, 0.4) is 0 Å². The zero-order valence-corrected chi connectivity index (χ0v) is 14.9. The van der Waals surface area contributed by atoms with E-state index in [4.69, 9.17) is 19.5 Å². The van der Waals surface area contributed by atoms with Gasteiger partial charge in [-0.2, -0.15) is 5.26 Å². The molecule has 1 heterocycles. The van der Waals surface area contributed by atoms with E-state index in [0.29, 0.717) is 24.7 Å². The van der Waals surface area contributed by atoms with Gasteiger partial charge in [0.05, 0.1) is 24.7 Å². The van der Waals surface area contributed by atoms with Gasteiger partial charge in [-0.25, -0.2) is 4.39 Å². The zero-order valence-electron chi connectivity index (χ0n) is 14.9. The Labute approximate surface area is 153 Å². The molecule has 3 rings (SSSR count). The van der Waals surface area contributed by atoms with Crippen molar-refractivity contribution >= 4 is 5.97 Å². The third-order valence-corrected chi connectivity index (χ3v) is 5.34. The van der Waals surface area contributed by atoms with Crippen LogP contribution < -0.4 is 4.74 Å². The first kappa shape index (κ1) is 18.8. The summed E-state index contributed by atoms with van der Waals surface area (Å²) in [4.78, 5) is 12.3. The highest BCUT2D eigenvalue weighted by Crippen LogP contribution is 2.35. The third-order valence-electron chi connectivity index (χ3n) is 5.34. The van der Waals surface area contributed by atoms with Gasteiger partial charge in [0.25, 0.3) is 0 Å². The minimum atomic E-state index is -0.682. The Morgan fingerprint density at radius 2 is 1.96 bits per heavy atom. The maximum absolute atomic E-state index is 13.6. The molecule has 2 fully saturated rings. The Morgan fingerprint density at radius 3 is 2.54 bits per heavy atom. The summed E-state index contributed by atoms with van der Waals surface area (Å²) < 4.78 is 30.6. The van der Waals surface area contributed by atoms with Crippen molar-refractivity contribution in [1.29, 1.82) is 5.26 Å². The SMILES string of the molecule is CCC1COC(C2CCC(C(=O)Oc3ccc(C#N)c(F)c3)CC2)OC1. The number of nitrogens with zero attached hydrogens (tertiary/aromatic N) is 1.